The van der Waals surface area contributed by atoms with Crippen molar-refractivity contribution in [2.75, 3.05) is 6.54 Å². The molecular formula is C13H12ClN3O3. The third-order valence-electron chi connectivity index (χ3n) is 2.57. The summed E-state index contributed by atoms with van der Waals surface area (Å²) in [6, 6.07) is 8.52. The Hall–Kier alpha value is -2.18. The van der Waals surface area contributed by atoms with Crippen LogP contribution in [-0.2, 0) is 6.42 Å². The molecule has 0 aliphatic rings. The van der Waals surface area contributed by atoms with Crippen LogP contribution in [0.1, 0.15) is 5.56 Å². The molecule has 0 saturated heterocycles. The van der Waals surface area contributed by atoms with Gasteiger partial charge in [0.1, 0.15) is 17.0 Å². The van der Waals surface area contributed by atoms with E-state index in [-0.39, 0.29) is 16.6 Å². The van der Waals surface area contributed by atoms with Crippen LogP contribution < -0.4 is 10.5 Å². The van der Waals surface area contributed by atoms with Crippen LogP contribution in [0.3, 0.4) is 0 Å². The predicted molar refractivity (Wildman–Crippen MR) is 75.2 cm³/mol. The minimum absolute atomic E-state index is 0.0882. The van der Waals surface area contributed by atoms with E-state index in [9.17, 15) is 10.1 Å². The van der Waals surface area contributed by atoms with E-state index >= 15 is 0 Å². The second kappa shape index (κ2) is 6.31. The van der Waals surface area contributed by atoms with Gasteiger partial charge in [-0.1, -0.05) is 23.7 Å². The van der Waals surface area contributed by atoms with Crippen LogP contribution in [0, 0.1) is 10.1 Å². The maximum atomic E-state index is 10.6. The fraction of sp³-hybridized carbons (Fsp3) is 0.154. The van der Waals surface area contributed by atoms with Gasteiger partial charge in [-0.15, -0.1) is 0 Å². The molecule has 0 unspecified atom stereocenters. The van der Waals surface area contributed by atoms with Gasteiger partial charge in [-0.2, -0.15) is 0 Å². The number of hydrogen-bond donors (Lipinski definition) is 1. The summed E-state index contributed by atoms with van der Waals surface area (Å²) in [5.74, 6) is 0.679. The highest BCUT2D eigenvalue weighted by molar-refractivity contribution is 6.32. The zero-order valence-electron chi connectivity index (χ0n) is 10.5. The van der Waals surface area contributed by atoms with Crippen molar-refractivity contribution in [2.45, 2.75) is 6.42 Å². The molecule has 0 radical (unpaired) electrons. The van der Waals surface area contributed by atoms with Gasteiger partial charge < -0.3 is 10.5 Å². The number of rotatable bonds is 5. The van der Waals surface area contributed by atoms with Crippen LogP contribution in [0.25, 0.3) is 0 Å². The predicted octanol–water partition coefficient (Wildman–Crippen LogP) is 2.94. The van der Waals surface area contributed by atoms with Crippen molar-refractivity contribution in [1.29, 1.82) is 0 Å². The van der Waals surface area contributed by atoms with Crippen molar-refractivity contribution >= 4 is 17.3 Å². The normalized spacial score (nSPS) is 10.3. The Morgan fingerprint density at radius 2 is 2.05 bits per heavy atom. The van der Waals surface area contributed by atoms with Gasteiger partial charge in [-0.25, -0.2) is 4.98 Å². The summed E-state index contributed by atoms with van der Waals surface area (Å²) in [5, 5.41) is 10.7. The summed E-state index contributed by atoms with van der Waals surface area (Å²) in [7, 11) is 0. The molecule has 20 heavy (non-hydrogen) atoms. The second-order valence-electron chi connectivity index (χ2n) is 4.02. The van der Waals surface area contributed by atoms with Gasteiger partial charge in [0, 0.05) is 6.07 Å². The molecule has 0 atom stereocenters. The third kappa shape index (κ3) is 3.43. The molecule has 1 aromatic carbocycles. The Balaban J connectivity index is 2.15. The van der Waals surface area contributed by atoms with E-state index < -0.39 is 4.92 Å². The number of halogens is 1. The fourth-order valence-electron chi connectivity index (χ4n) is 1.59. The molecule has 6 nitrogen and oxygen atoms in total. The fourth-order valence-corrected chi connectivity index (χ4v) is 1.79. The third-order valence-corrected chi connectivity index (χ3v) is 2.85. The zero-order valence-corrected chi connectivity index (χ0v) is 11.2. The quantitative estimate of drug-likeness (QED) is 0.676. The van der Waals surface area contributed by atoms with Gasteiger partial charge >= 0.3 is 0 Å². The molecule has 1 aromatic heterocycles. The largest absolute Gasteiger partial charge is 0.438 e. The maximum Gasteiger partial charge on any atom is 0.289 e. The zero-order chi connectivity index (χ0) is 14.5. The van der Waals surface area contributed by atoms with Crippen LogP contribution in [0.4, 0.5) is 5.69 Å². The van der Waals surface area contributed by atoms with Crippen LogP contribution in [0.15, 0.2) is 36.5 Å². The molecule has 7 heteroatoms. The topological polar surface area (TPSA) is 91.3 Å². The molecule has 0 spiro atoms. The molecule has 2 N–H and O–H groups in total. The molecule has 0 amide bonds. The first kappa shape index (κ1) is 14.2. The van der Waals surface area contributed by atoms with Crippen LogP contribution in [-0.4, -0.2) is 16.5 Å². The Morgan fingerprint density at radius 3 is 2.60 bits per heavy atom. The highest BCUT2D eigenvalue weighted by Gasteiger charge is 2.12. The van der Waals surface area contributed by atoms with Gasteiger partial charge in [-0.05, 0) is 30.7 Å². The highest BCUT2D eigenvalue weighted by atomic mass is 35.5. The van der Waals surface area contributed by atoms with Crippen molar-refractivity contribution in [3.8, 4) is 11.6 Å². The number of nitro groups is 1. The number of nitrogens with zero attached hydrogens (tertiary/aromatic N) is 2. The number of aromatic nitrogens is 1. The molecule has 104 valence electrons. The first-order valence-corrected chi connectivity index (χ1v) is 6.24. The van der Waals surface area contributed by atoms with Crippen molar-refractivity contribution in [3.63, 3.8) is 0 Å². The van der Waals surface area contributed by atoms with E-state index in [0.29, 0.717) is 12.3 Å². The highest BCUT2D eigenvalue weighted by Crippen LogP contribution is 2.29. The van der Waals surface area contributed by atoms with Gasteiger partial charge in [0.2, 0.25) is 5.88 Å². The van der Waals surface area contributed by atoms with E-state index in [4.69, 9.17) is 22.1 Å². The smallest absolute Gasteiger partial charge is 0.289 e. The molecule has 0 saturated carbocycles. The standard InChI is InChI=1S/C13H12ClN3O3/c14-12-7-10(17(18)19)8-16-13(12)20-11-3-1-9(2-4-11)5-6-15/h1-4,7-8H,5-6,15H2. The SMILES string of the molecule is NCCc1ccc(Oc2ncc([N+](=O)[O-])cc2Cl)cc1. The number of nitrogens with two attached hydrogens (primary N) is 1. The molecule has 2 aromatic rings. The molecule has 2 rings (SSSR count). The van der Waals surface area contributed by atoms with Crippen molar-refractivity contribution in [3.05, 3.63) is 57.2 Å². The molecule has 0 aliphatic carbocycles. The van der Waals surface area contributed by atoms with Gasteiger partial charge in [0.25, 0.3) is 5.69 Å². The summed E-state index contributed by atoms with van der Waals surface area (Å²) in [6.07, 6.45) is 1.89. The van der Waals surface area contributed by atoms with E-state index in [1.165, 1.54) is 6.07 Å². The minimum atomic E-state index is -0.565. The Bertz CT molecular complexity index is 617. The van der Waals surface area contributed by atoms with Crippen LogP contribution in [0.5, 0.6) is 11.6 Å². The van der Waals surface area contributed by atoms with Crippen molar-refractivity contribution < 1.29 is 9.66 Å². The number of pyridine rings is 1. The Kier molecular flexibility index (Phi) is 4.49. The summed E-state index contributed by atoms with van der Waals surface area (Å²) < 4.78 is 5.48. The summed E-state index contributed by atoms with van der Waals surface area (Å²) in [4.78, 5) is 13.9. The second-order valence-corrected chi connectivity index (χ2v) is 4.43. The van der Waals surface area contributed by atoms with Gasteiger partial charge in [-0.3, -0.25) is 10.1 Å². The Morgan fingerprint density at radius 1 is 1.35 bits per heavy atom. The average Bonchev–Trinajstić information content (AvgIpc) is 2.43. The number of benzene rings is 1. The molecule has 0 bridgehead atoms. The molecule has 1 heterocycles. The number of hydrogen-bond acceptors (Lipinski definition) is 5. The lowest BCUT2D eigenvalue weighted by Crippen LogP contribution is -2.02. The molecular weight excluding hydrogens is 282 g/mol. The van der Waals surface area contributed by atoms with Crippen molar-refractivity contribution in [1.82, 2.24) is 4.98 Å². The monoisotopic (exact) mass is 293 g/mol. The lowest BCUT2D eigenvalue weighted by molar-refractivity contribution is -0.385. The Labute approximate surface area is 120 Å². The number of ether oxygens (including phenoxy) is 1. The average molecular weight is 294 g/mol. The van der Waals surface area contributed by atoms with E-state index in [1.54, 1.807) is 12.1 Å². The van der Waals surface area contributed by atoms with Gasteiger partial charge in [0.15, 0.2) is 0 Å². The summed E-state index contributed by atoms with van der Waals surface area (Å²) in [6.45, 7) is 0.579. The van der Waals surface area contributed by atoms with Crippen LogP contribution in [0.2, 0.25) is 5.02 Å². The summed E-state index contributed by atoms with van der Waals surface area (Å²) in [5.41, 5.74) is 6.39. The molecule has 0 fully saturated rings. The maximum absolute atomic E-state index is 10.6. The minimum Gasteiger partial charge on any atom is -0.438 e. The molecule has 0 aliphatic heterocycles. The first-order valence-electron chi connectivity index (χ1n) is 5.87. The lowest BCUT2D eigenvalue weighted by atomic mass is 10.1. The van der Waals surface area contributed by atoms with E-state index in [1.807, 2.05) is 12.1 Å². The van der Waals surface area contributed by atoms with Crippen LogP contribution >= 0.6 is 11.6 Å². The lowest BCUT2D eigenvalue weighted by Gasteiger charge is -2.07. The van der Waals surface area contributed by atoms with E-state index in [0.717, 1.165) is 18.2 Å². The van der Waals surface area contributed by atoms with Gasteiger partial charge in [0.05, 0.1) is 4.92 Å². The van der Waals surface area contributed by atoms with E-state index in [2.05, 4.69) is 4.98 Å². The summed E-state index contributed by atoms with van der Waals surface area (Å²) >= 11 is 5.90. The first-order chi connectivity index (χ1) is 9.60. The van der Waals surface area contributed by atoms with Crippen molar-refractivity contribution in [2.24, 2.45) is 5.73 Å².